The number of imide groups is 1. The summed E-state index contributed by atoms with van der Waals surface area (Å²) < 4.78 is 0. The molecule has 0 bridgehead atoms. The Morgan fingerprint density at radius 2 is 1.69 bits per heavy atom. The Bertz CT molecular complexity index is 866. The first-order chi connectivity index (χ1) is 12.4. The SMILES string of the molecule is CC[C@@]1(c2ccccc2)NC(=O)N(/N=C\c2c(C)cc(C)cc2C)C1=O. The van der Waals surface area contributed by atoms with Crippen LogP contribution in [0.4, 0.5) is 4.79 Å². The first-order valence-electron chi connectivity index (χ1n) is 8.73. The molecule has 3 amide bonds. The van der Waals surface area contributed by atoms with E-state index in [9.17, 15) is 9.59 Å². The number of benzene rings is 2. The predicted octanol–water partition coefficient (Wildman–Crippen LogP) is 3.80. The van der Waals surface area contributed by atoms with E-state index in [1.54, 1.807) is 6.21 Å². The molecule has 1 saturated heterocycles. The molecule has 1 atom stereocenters. The van der Waals surface area contributed by atoms with Crippen LogP contribution < -0.4 is 5.32 Å². The van der Waals surface area contributed by atoms with Crippen molar-refractivity contribution in [1.82, 2.24) is 10.3 Å². The van der Waals surface area contributed by atoms with Crippen LogP contribution in [0, 0.1) is 20.8 Å². The minimum atomic E-state index is -1.06. The lowest BCUT2D eigenvalue weighted by molar-refractivity contribution is -0.131. The van der Waals surface area contributed by atoms with Crippen LogP contribution in [-0.2, 0) is 10.3 Å². The Hall–Kier alpha value is -2.95. The molecule has 5 nitrogen and oxygen atoms in total. The molecule has 1 fully saturated rings. The summed E-state index contributed by atoms with van der Waals surface area (Å²) in [4.78, 5) is 25.5. The van der Waals surface area contributed by atoms with E-state index >= 15 is 0 Å². The minimum absolute atomic E-state index is 0.352. The highest BCUT2D eigenvalue weighted by Crippen LogP contribution is 2.32. The minimum Gasteiger partial charge on any atom is -0.318 e. The van der Waals surface area contributed by atoms with Gasteiger partial charge in [-0.25, -0.2) is 4.79 Å². The smallest absolute Gasteiger partial charge is 0.318 e. The van der Waals surface area contributed by atoms with Gasteiger partial charge in [0, 0.05) is 5.56 Å². The van der Waals surface area contributed by atoms with Gasteiger partial charge < -0.3 is 5.32 Å². The molecule has 3 rings (SSSR count). The normalized spacial score (nSPS) is 20.1. The topological polar surface area (TPSA) is 61.8 Å². The molecule has 0 unspecified atom stereocenters. The van der Waals surface area contributed by atoms with Gasteiger partial charge in [0.2, 0.25) is 0 Å². The maximum absolute atomic E-state index is 13.0. The van der Waals surface area contributed by atoms with Crippen molar-refractivity contribution in [2.45, 2.75) is 39.7 Å². The largest absolute Gasteiger partial charge is 0.346 e. The standard InChI is InChI=1S/C21H23N3O2/c1-5-21(17-9-7-6-8-10-17)19(25)24(20(26)23-21)22-13-18-15(3)11-14(2)12-16(18)4/h6-13H,5H2,1-4H3,(H,23,26)/b22-13-/t21-/m0/s1. The zero-order valence-electron chi connectivity index (χ0n) is 15.5. The van der Waals surface area contributed by atoms with Crippen LogP contribution in [0.2, 0.25) is 0 Å². The molecule has 1 heterocycles. The van der Waals surface area contributed by atoms with Crippen molar-refractivity contribution in [2.75, 3.05) is 0 Å². The average molecular weight is 349 g/mol. The van der Waals surface area contributed by atoms with Crippen LogP contribution in [-0.4, -0.2) is 23.2 Å². The quantitative estimate of drug-likeness (QED) is 0.674. The molecular weight excluding hydrogens is 326 g/mol. The van der Waals surface area contributed by atoms with E-state index in [0.717, 1.165) is 27.3 Å². The molecule has 5 heteroatoms. The second kappa shape index (κ2) is 6.75. The van der Waals surface area contributed by atoms with E-state index in [2.05, 4.69) is 22.6 Å². The maximum Gasteiger partial charge on any atom is 0.346 e. The van der Waals surface area contributed by atoms with Crippen molar-refractivity contribution in [3.8, 4) is 0 Å². The molecular formula is C21H23N3O2. The van der Waals surface area contributed by atoms with Crippen LogP contribution in [0.15, 0.2) is 47.6 Å². The molecule has 2 aromatic carbocycles. The molecule has 0 spiro atoms. The second-order valence-corrected chi connectivity index (χ2v) is 6.73. The summed E-state index contributed by atoms with van der Waals surface area (Å²) in [5.41, 5.74) is 3.91. The van der Waals surface area contributed by atoms with E-state index in [0.29, 0.717) is 6.42 Å². The van der Waals surface area contributed by atoms with E-state index in [1.165, 1.54) is 5.56 Å². The highest BCUT2D eigenvalue weighted by Gasteiger charge is 2.51. The molecule has 1 aliphatic heterocycles. The molecule has 1 aliphatic rings. The van der Waals surface area contributed by atoms with Crippen LogP contribution in [0.1, 0.15) is 41.2 Å². The average Bonchev–Trinajstić information content (AvgIpc) is 2.86. The van der Waals surface area contributed by atoms with Gasteiger partial charge in [-0.15, -0.1) is 5.01 Å². The van der Waals surface area contributed by atoms with Crippen LogP contribution in [0.5, 0.6) is 0 Å². The van der Waals surface area contributed by atoms with Crippen LogP contribution >= 0.6 is 0 Å². The van der Waals surface area contributed by atoms with Crippen molar-refractivity contribution in [3.05, 3.63) is 70.3 Å². The van der Waals surface area contributed by atoms with Crippen molar-refractivity contribution in [2.24, 2.45) is 5.10 Å². The van der Waals surface area contributed by atoms with Crippen molar-refractivity contribution < 1.29 is 9.59 Å². The summed E-state index contributed by atoms with van der Waals surface area (Å²) in [7, 11) is 0. The Balaban J connectivity index is 1.95. The lowest BCUT2D eigenvalue weighted by atomic mass is 9.87. The maximum atomic E-state index is 13.0. The Kier molecular flexibility index (Phi) is 4.64. The second-order valence-electron chi connectivity index (χ2n) is 6.73. The first kappa shape index (κ1) is 17.9. The van der Waals surface area contributed by atoms with Crippen molar-refractivity contribution in [3.63, 3.8) is 0 Å². The molecule has 134 valence electrons. The number of aryl methyl sites for hydroxylation is 3. The number of hydrogen-bond acceptors (Lipinski definition) is 3. The molecule has 26 heavy (non-hydrogen) atoms. The van der Waals surface area contributed by atoms with Crippen LogP contribution in [0.3, 0.4) is 0 Å². The zero-order valence-corrected chi connectivity index (χ0v) is 15.5. The third-order valence-electron chi connectivity index (χ3n) is 4.91. The van der Waals surface area contributed by atoms with Crippen LogP contribution in [0.25, 0.3) is 0 Å². The summed E-state index contributed by atoms with van der Waals surface area (Å²) in [6.45, 7) is 7.90. The van der Waals surface area contributed by atoms with E-state index in [4.69, 9.17) is 0 Å². The molecule has 0 aliphatic carbocycles. The zero-order chi connectivity index (χ0) is 18.9. The fourth-order valence-electron chi connectivity index (χ4n) is 3.54. The van der Waals surface area contributed by atoms with Crippen molar-refractivity contribution in [1.29, 1.82) is 0 Å². The molecule has 0 aromatic heterocycles. The van der Waals surface area contributed by atoms with Gasteiger partial charge in [-0.1, -0.05) is 55.0 Å². The van der Waals surface area contributed by atoms with E-state index in [-0.39, 0.29) is 5.91 Å². The van der Waals surface area contributed by atoms with E-state index in [1.807, 2.05) is 58.0 Å². The summed E-state index contributed by atoms with van der Waals surface area (Å²) in [6.07, 6.45) is 2.05. The van der Waals surface area contributed by atoms with Crippen molar-refractivity contribution >= 4 is 18.2 Å². The summed E-state index contributed by atoms with van der Waals surface area (Å²) >= 11 is 0. The van der Waals surface area contributed by atoms with Gasteiger partial charge >= 0.3 is 6.03 Å². The number of rotatable bonds is 4. The Morgan fingerprint density at radius 1 is 1.08 bits per heavy atom. The highest BCUT2D eigenvalue weighted by atomic mass is 16.2. The number of carbonyl (C=O) groups excluding carboxylic acids is 2. The number of hydrazone groups is 1. The van der Waals surface area contributed by atoms with Gasteiger partial charge in [0.15, 0.2) is 0 Å². The number of nitrogens with zero attached hydrogens (tertiary/aromatic N) is 2. The van der Waals surface area contributed by atoms with Gasteiger partial charge in [0.1, 0.15) is 5.54 Å². The third kappa shape index (κ3) is 2.90. The molecule has 1 N–H and O–H groups in total. The van der Waals surface area contributed by atoms with Gasteiger partial charge in [-0.05, 0) is 43.9 Å². The lowest BCUT2D eigenvalue weighted by Gasteiger charge is -2.24. The summed E-state index contributed by atoms with van der Waals surface area (Å²) in [5, 5.41) is 7.99. The molecule has 0 saturated carbocycles. The predicted molar refractivity (Wildman–Crippen MR) is 102 cm³/mol. The lowest BCUT2D eigenvalue weighted by Crippen LogP contribution is -2.43. The number of hydrogen-bond donors (Lipinski definition) is 1. The Morgan fingerprint density at radius 3 is 2.27 bits per heavy atom. The highest BCUT2D eigenvalue weighted by molar-refractivity contribution is 6.07. The van der Waals surface area contributed by atoms with Gasteiger partial charge in [0.05, 0.1) is 6.21 Å². The fourth-order valence-corrected chi connectivity index (χ4v) is 3.54. The number of carbonyl (C=O) groups is 2. The Labute approximate surface area is 153 Å². The number of amides is 3. The summed E-state index contributed by atoms with van der Waals surface area (Å²) in [5.74, 6) is -0.352. The van der Waals surface area contributed by atoms with Gasteiger partial charge in [-0.3, -0.25) is 4.79 Å². The molecule has 0 radical (unpaired) electrons. The summed E-state index contributed by atoms with van der Waals surface area (Å²) in [6, 6.07) is 12.9. The van der Waals surface area contributed by atoms with Gasteiger partial charge in [-0.2, -0.15) is 5.10 Å². The number of urea groups is 1. The fraction of sp³-hybridized carbons (Fsp3) is 0.286. The third-order valence-corrected chi connectivity index (χ3v) is 4.91. The number of nitrogens with one attached hydrogen (secondary N) is 1. The van der Waals surface area contributed by atoms with E-state index < -0.39 is 11.6 Å². The first-order valence-corrected chi connectivity index (χ1v) is 8.73. The van der Waals surface area contributed by atoms with Gasteiger partial charge in [0.25, 0.3) is 5.91 Å². The monoisotopic (exact) mass is 349 g/mol. The molecule has 2 aromatic rings.